The van der Waals surface area contributed by atoms with Crippen molar-refractivity contribution in [3.8, 4) is 5.75 Å². The van der Waals surface area contributed by atoms with E-state index in [2.05, 4.69) is 5.32 Å². The fourth-order valence-corrected chi connectivity index (χ4v) is 4.78. The normalized spacial score (nSPS) is 12.5. The van der Waals surface area contributed by atoms with E-state index in [1.54, 1.807) is 18.2 Å². The van der Waals surface area contributed by atoms with Crippen LogP contribution in [0.3, 0.4) is 0 Å². The van der Waals surface area contributed by atoms with Crippen molar-refractivity contribution in [1.82, 2.24) is 10.2 Å². The number of benzene rings is 2. The molecule has 2 aromatic carbocycles. The molecule has 36 heavy (non-hydrogen) atoms. The molecule has 2 amide bonds. The van der Waals surface area contributed by atoms with Gasteiger partial charge in [0.25, 0.3) is 0 Å². The number of nitrogens with one attached hydrogen (secondary N) is 1. The zero-order valence-corrected chi connectivity index (χ0v) is 23.2. The minimum Gasteiger partial charge on any atom is -0.495 e. The first-order valence-corrected chi connectivity index (χ1v) is 13.9. The van der Waals surface area contributed by atoms with Gasteiger partial charge in [0.1, 0.15) is 18.3 Å². The Kier molecular flexibility index (Phi) is 9.93. The van der Waals surface area contributed by atoms with E-state index in [-0.39, 0.29) is 18.1 Å². The van der Waals surface area contributed by atoms with Crippen LogP contribution in [0.15, 0.2) is 48.5 Å². The third kappa shape index (κ3) is 8.26. The lowest BCUT2D eigenvalue weighted by Gasteiger charge is -2.34. The molecule has 0 saturated carbocycles. The van der Waals surface area contributed by atoms with Gasteiger partial charge in [-0.1, -0.05) is 43.3 Å². The van der Waals surface area contributed by atoms with E-state index in [0.29, 0.717) is 18.6 Å². The van der Waals surface area contributed by atoms with Gasteiger partial charge in [0.05, 0.1) is 19.1 Å². The molecule has 0 aromatic heterocycles. The highest BCUT2D eigenvalue weighted by Crippen LogP contribution is 2.31. The zero-order chi connectivity index (χ0) is 27.1. The van der Waals surface area contributed by atoms with E-state index < -0.39 is 34.1 Å². The van der Waals surface area contributed by atoms with Gasteiger partial charge in [-0.3, -0.25) is 13.9 Å². The summed E-state index contributed by atoms with van der Waals surface area (Å²) in [5.74, 6) is -0.395. The quantitative estimate of drug-likeness (QED) is 0.492. The van der Waals surface area contributed by atoms with Crippen molar-refractivity contribution in [3.63, 3.8) is 0 Å². The molecule has 1 atom stereocenters. The second kappa shape index (κ2) is 12.3. The second-order valence-electron chi connectivity index (χ2n) is 9.93. The van der Waals surface area contributed by atoms with Gasteiger partial charge in [0.2, 0.25) is 21.8 Å². The fraction of sp³-hybridized carbons (Fsp3) is 0.481. The summed E-state index contributed by atoms with van der Waals surface area (Å²) in [6.07, 6.45) is 1.97. The Morgan fingerprint density at radius 1 is 1.08 bits per heavy atom. The summed E-state index contributed by atoms with van der Waals surface area (Å²) >= 11 is 0. The summed E-state index contributed by atoms with van der Waals surface area (Å²) in [6.45, 7) is 9.12. The molecule has 1 N–H and O–H groups in total. The van der Waals surface area contributed by atoms with Crippen LogP contribution in [0.2, 0.25) is 0 Å². The van der Waals surface area contributed by atoms with E-state index in [1.165, 1.54) is 12.0 Å². The van der Waals surface area contributed by atoms with Crippen LogP contribution in [0.5, 0.6) is 5.75 Å². The molecular formula is C27H39N3O5S. The summed E-state index contributed by atoms with van der Waals surface area (Å²) in [4.78, 5) is 28.4. The van der Waals surface area contributed by atoms with Crippen LogP contribution in [0.25, 0.3) is 0 Å². The van der Waals surface area contributed by atoms with E-state index in [1.807, 2.05) is 65.0 Å². The van der Waals surface area contributed by atoms with Crippen LogP contribution in [0.1, 0.15) is 45.2 Å². The maximum atomic E-state index is 13.7. The maximum absolute atomic E-state index is 13.7. The molecule has 0 aliphatic carbocycles. The zero-order valence-electron chi connectivity index (χ0n) is 22.4. The standard InChI is InChI=1S/C27H39N3O5S/c1-8-22(26(32)28-27(3,4)5)29(17-16-21-12-10-9-11-13-21)25(31)19-30(36(7,33)34)23-18-20(2)14-15-24(23)35-6/h9-15,18,22H,8,16-17,19H2,1-7H3,(H,28,32)/t22-/m1/s1. The number of nitrogens with zero attached hydrogens (tertiary/aromatic N) is 2. The third-order valence-corrected chi connectivity index (χ3v) is 6.78. The molecule has 8 nitrogen and oxygen atoms in total. The lowest BCUT2D eigenvalue weighted by molar-refractivity contribution is -0.140. The molecule has 0 heterocycles. The minimum atomic E-state index is -3.84. The van der Waals surface area contributed by atoms with Crippen molar-refractivity contribution in [2.45, 2.75) is 59.0 Å². The molecule has 0 radical (unpaired) electrons. The number of methoxy groups -OCH3 is 1. The predicted octanol–water partition coefficient (Wildman–Crippen LogP) is 3.53. The lowest BCUT2D eigenvalue weighted by Crippen LogP contribution is -2.56. The Morgan fingerprint density at radius 2 is 1.72 bits per heavy atom. The van der Waals surface area contributed by atoms with Gasteiger partial charge in [-0.05, 0) is 63.8 Å². The largest absolute Gasteiger partial charge is 0.495 e. The Labute approximate surface area is 215 Å². The first-order valence-electron chi connectivity index (χ1n) is 12.0. The lowest BCUT2D eigenvalue weighted by atomic mass is 10.1. The van der Waals surface area contributed by atoms with Crippen molar-refractivity contribution in [2.24, 2.45) is 0 Å². The molecule has 0 unspecified atom stereocenters. The molecular weight excluding hydrogens is 478 g/mol. The van der Waals surface area contributed by atoms with Gasteiger partial charge in [-0.15, -0.1) is 0 Å². The molecule has 0 spiro atoms. The van der Waals surface area contributed by atoms with Crippen molar-refractivity contribution in [2.75, 3.05) is 30.8 Å². The topological polar surface area (TPSA) is 96.0 Å². The van der Waals surface area contributed by atoms with E-state index in [9.17, 15) is 18.0 Å². The Hall–Kier alpha value is -3.07. The third-order valence-electron chi connectivity index (χ3n) is 5.65. The highest BCUT2D eigenvalue weighted by atomic mass is 32.2. The Morgan fingerprint density at radius 3 is 2.25 bits per heavy atom. The number of hydrogen-bond donors (Lipinski definition) is 1. The number of carbonyl (C=O) groups is 2. The summed E-state index contributed by atoms with van der Waals surface area (Å²) < 4.78 is 32.1. The molecule has 2 rings (SSSR count). The van der Waals surface area contributed by atoms with Gasteiger partial charge in [0.15, 0.2) is 0 Å². The van der Waals surface area contributed by atoms with Gasteiger partial charge in [-0.2, -0.15) is 0 Å². The first kappa shape index (κ1) is 29.2. The highest BCUT2D eigenvalue weighted by molar-refractivity contribution is 7.92. The molecule has 0 fully saturated rings. The predicted molar refractivity (Wildman–Crippen MR) is 144 cm³/mol. The molecule has 198 valence electrons. The molecule has 2 aromatic rings. The molecule has 0 aliphatic rings. The smallest absolute Gasteiger partial charge is 0.244 e. The van der Waals surface area contributed by atoms with Gasteiger partial charge in [-0.25, -0.2) is 8.42 Å². The number of rotatable bonds is 11. The number of ether oxygens (including phenoxy) is 1. The number of anilines is 1. The summed E-state index contributed by atoms with van der Waals surface area (Å²) in [5.41, 5.74) is 1.64. The highest BCUT2D eigenvalue weighted by Gasteiger charge is 2.33. The number of carbonyl (C=O) groups excluding carboxylic acids is 2. The van der Waals surface area contributed by atoms with E-state index in [4.69, 9.17) is 4.74 Å². The Bertz CT molecular complexity index is 1140. The van der Waals surface area contributed by atoms with Gasteiger partial charge in [0, 0.05) is 12.1 Å². The van der Waals surface area contributed by atoms with Crippen molar-refractivity contribution < 1.29 is 22.7 Å². The van der Waals surface area contributed by atoms with Crippen LogP contribution in [0, 0.1) is 6.92 Å². The average molecular weight is 518 g/mol. The van der Waals surface area contributed by atoms with Crippen LogP contribution in [0.4, 0.5) is 5.69 Å². The minimum absolute atomic E-state index is 0.265. The molecule has 0 aliphatic heterocycles. The molecule has 0 bridgehead atoms. The van der Waals surface area contributed by atoms with E-state index in [0.717, 1.165) is 21.7 Å². The number of amides is 2. The van der Waals surface area contributed by atoms with Crippen molar-refractivity contribution in [1.29, 1.82) is 0 Å². The summed E-state index contributed by atoms with van der Waals surface area (Å²) in [5, 5.41) is 2.96. The van der Waals surface area contributed by atoms with Crippen molar-refractivity contribution in [3.05, 3.63) is 59.7 Å². The molecule has 9 heteroatoms. The molecule has 0 saturated heterocycles. The summed E-state index contributed by atoms with van der Waals surface area (Å²) in [7, 11) is -2.39. The van der Waals surface area contributed by atoms with E-state index >= 15 is 0 Å². The maximum Gasteiger partial charge on any atom is 0.244 e. The van der Waals surface area contributed by atoms with Crippen molar-refractivity contribution >= 4 is 27.5 Å². The first-order chi connectivity index (χ1) is 16.8. The van der Waals surface area contributed by atoms with Gasteiger partial charge < -0.3 is 15.0 Å². The van der Waals surface area contributed by atoms with Crippen LogP contribution in [-0.2, 0) is 26.0 Å². The van der Waals surface area contributed by atoms with Crippen LogP contribution >= 0.6 is 0 Å². The van der Waals surface area contributed by atoms with Gasteiger partial charge >= 0.3 is 0 Å². The SMILES string of the molecule is CC[C@H](C(=O)NC(C)(C)C)N(CCc1ccccc1)C(=O)CN(c1cc(C)ccc1OC)S(C)(=O)=O. The monoisotopic (exact) mass is 517 g/mol. The second-order valence-corrected chi connectivity index (χ2v) is 11.8. The number of aryl methyl sites for hydroxylation is 1. The summed E-state index contributed by atoms with van der Waals surface area (Å²) in [6, 6.07) is 14.1. The van der Waals surface area contributed by atoms with Crippen LogP contribution < -0.4 is 14.4 Å². The Balaban J connectivity index is 2.45. The van der Waals surface area contributed by atoms with Crippen LogP contribution in [-0.4, -0.2) is 63.2 Å². The number of hydrogen-bond acceptors (Lipinski definition) is 5. The average Bonchev–Trinajstić information content (AvgIpc) is 2.78. The fourth-order valence-electron chi connectivity index (χ4n) is 3.94. The number of sulfonamides is 1.